The van der Waals surface area contributed by atoms with Crippen LogP contribution in [0.3, 0.4) is 0 Å². The lowest BCUT2D eigenvalue weighted by Gasteiger charge is -2.27. The third kappa shape index (κ3) is 7.57. The van der Waals surface area contributed by atoms with Crippen molar-refractivity contribution in [2.24, 2.45) is 5.41 Å². The van der Waals surface area contributed by atoms with E-state index < -0.39 is 11.4 Å². The highest BCUT2D eigenvalue weighted by Crippen LogP contribution is 2.19. The number of carbonyl (C=O) groups is 2. The average molecular weight is 246 g/mol. The molecule has 17 heavy (non-hydrogen) atoms. The quantitative estimate of drug-likeness (QED) is 0.569. The number of aliphatic hydroxyl groups excluding tert-OH is 1. The monoisotopic (exact) mass is 246 g/mol. The lowest BCUT2D eigenvalue weighted by atomic mass is 9.88. The van der Waals surface area contributed by atoms with Gasteiger partial charge in [0, 0.05) is 17.5 Å². The first kappa shape index (κ1) is 15.7. The van der Waals surface area contributed by atoms with Crippen molar-refractivity contribution in [3.63, 3.8) is 0 Å². The van der Waals surface area contributed by atoms with Crippen LogP contribution in [0.25, 0.3) is 0 Å². The number of hydrogen-bond donors (Lipinski definition) is 4. The van der Waals surface area contributed by atoms with E-state index in [1.54, 1.807) is 6.92 Å². The van der Waals surface area contributed by atoms with Gasteiger partial charge in [0.15, 0.2) is 0 Å². The molecule has 1 unspecified atom stereocenters. The van der Waals surface area contributed by atoms with Crippen molar-refractivity contribution in [3.05, 3.63) is 0 Å². The van der Waals surface area contributed by atoms with Gasteiger partial charge >= 0.3 is 12.0 Å². The third-order valence-electron chi connectivity index (χ3n) is 2.12. The molecule has 0 rings (SSSR count). The highest BCUT2D eigenvalue weighted by molar-refractivity contribution is 5.74. The van der Waals surface area contributed by atoms with Crippen molar-refractivity contribution in [2.75, 3.05) is 13.2 Å². The number of carbonyl (C=O) groups excluding carboxylic acids is 1. The summed E-state index contributed by atoms with van der Waals surface area (Å²) >= 11 is 0. The SMILES string of the molecule is CC(CO)(CNC(=O)NC(C)(C)C)CC(=O)O. The normalized spacial score (nSPS) is 14.9. The molecule has 6 heteroatoms. The zero-order valence-electron chi connectivity index (χ0n) is 10.8. The molecule has 2 amide bonds. The van der Waals surface area contributed by atoms with Crippen LogP contribution >= 0.6 is 0 Å². The van der Waals surface area contributed by atoms with E-state index in [9.17, 15) is 9.59 Å². The Hall–Kier alpha value is -1.30. The Balaban J connectivity index is 4.24. The summed E-state index contributed by atoms with van der Waals surface area (Å²) in [6.07, 6.45) is -0.195. The second kappa shape index (κ2) is 5.86. The van der Waals surface area contributed by atoms with Crippen molar-refractivity contribution in [2.45, 2.75) is 39.7 Å². The number of carboxylic acid groups (broad SMARTS) is 1. The van der Waals surface area contributed by atoms with Gasteiger partial charge in [-0.05, 0) is 20.8 Å². The Bertz CT molecular complexity index is 286. The molecule has 6 nitrogen and oxygen atoms in total. The Morgan fingerprint density at radius 3 is 2.06 bits per heavy atom. The summed E-state index contributed by atoms with van der Waals surface area (Å²) < 4.78 is 0. The maximum absolute atomic E-state index is 11.5. The van der Waals surface area contributed by atoms with Crippen LogP contribution in [0, 0.1) is 5.41 Å². The first-order chi connectivity index (χ1) is 7.58. The van der Waals surface area contributed by atoms with E-state index in [4.69, 9.17) is 10.2 Å². The van der Waals surface area contributed by atoms with E-state index in [0.717, 1.165) is 0 Å². The lowest BCUT2D eigenvalue weighted by molar-refractivity contribution is -0.140. The maximum atomic E-state index is 11.5. The van der Waals surface area contributed by atoms with Crippen molar-refractivity contribution in [1.82, 2.24) is 10.6 Å². The molecule has 0 heterocycles. The standard InChI is InChI=1S/C11H22N2O4/c1-10(2,3)13-9(17)12-6-11(4,7-14)5-8(15)16/h14H,5-7H2,1-4H3,(H,15,16)(H2,12,13,17). The third-order valence-corrected chi connectivity index (χ3v) is 2.12. The van der Waals surface area contributed by atoms with Crippen molar-refractivity contribution < 1.29 is 19.8 Å². The molecular formula is C11H22N2O4. The molecule has 0 aromatic rings. The largest absolute Gasteiger partial charge is 0.481 e. The van der Waals surface area contributed by atoms with Crippen LogP contribution in [-0.4, -0.2) is 40.9 Å². The molecule has 100 valence electrons. The number of amides is 2. The predicted octanol–water partition coefficient (Wildman–Crippen LogP) is 0.557. The fourth-order valence-electron chi connectivity index (χ4n) is 1.22. The molecular weight excluding hydrogens is 224 g/mol. The summed E-state index contributed by atoms with van der Waals surface area (Å²) in [6.45, 7) is 6.95. The predicted molar refractivity (Wildman–Crippen MR) is 63.7 cm³/mol. The van der Waals surface area contributed by atoms with Crippen molar-refractivity contribution >= 4 is 12.0 Å². The molecule has 0 saturated carbocycles. The number of hydrogen-bond acceptors (Lipinski definition) is 3. The van der Waals surface area contributed by atoms with Gasteiger partial charge in [0.05, 0.1) is 13.0 Å². The molecule has 0 aliphatic carbocycles. The fraction of sp³-hybridized carbons (Fsp3) is 0.818. The van der Waals surface area contributed by atoms with E-state index in [1.807, 2.05) is 20.8 Å². The minimum absolute atomic E-state index is 0.109. The highest BCUT2D eigenvalue weighted by atomic mass is 16.4. The zero-order chi connectivity index (χ0) is 13.7. The van der Waals surface area contributed by atoms with Crippen LogP contribution in [-0.2, 0) is 4.79 Å². The summed E-state index contributed by atoms with van der Waals surface area (Å²) in [5.74, 6) is -1.00. The van der Waals surface area contributed by atoms with Crippen LogP contribution in [0.5, 0.6) is 0 Å². The number of rotatable bonds is 5. The first-order valence-corrected chi connectivity index (χ1v) is 5.47. The van der Waals surface area contributed by atoms with Gasteiger partial charge in [-0.2, -0.15) is 0 Å². The molecule has 0 aromatic heterocycles. The van der Waals surface area contributed by atoms with E-state index in [-0.39, 0.29) is 31.1 Å². The molecule has 0 aliphatic rings. The Morgan fingerprint density at radius 1 is 1.18 bits per heavy atom. The fourth-order valence-corrected chi connectivity index (χ4v) is 1.22. The topological polar surface area (TPSA) is 98.7 Å². The van der Waals surface area contributed by atoms with E-state index in [2.05, 4.69) is 10.6 Å². The highest BCUT2D eigenvalue weighted by Gasteiger charge is 2.27. The van der Waals surface area contributed by atoms with E-state index in [0.29, 0.717) is 0 Å². The summed E-state index contributed by atoms with van der Waals surface area (Å²) in [7, 11) is 0. The van der Waals surface area contributed by atoms with Gasteiger partial charge in [-0.15, -0.1) is 0 Å². The average Bonchev–Trinajstić information content (AvgIpc) is 2.11. The molecule has 0 saturated heterocycles. The molecule has 0 spiro atoms. The summed E-state index contributed by atoms with van der Waals surface area (Å²) in [6, 6.07) is -0.373. The zero-order valence-corrected chi connectivity index (χ0v) is 10.8. The van der Waals surface area contributed by atoms with E-state index >= 15 is 0 Å². The van der Waals surface area contributed by atoms with Crippen LogP contribution < -0.4 is 10.6 Å². The molecule has 0 radical (unpaired) electrons. The van der Waals surface area contributed by atoms with Crippen LogP contribution in [0.1, 0.15) is 34.1 Å². The summed E-state index contributed by atoms with van der Waals surface area (Å²) in [5, 5.41) is 23.1. The number of carboxylic acids is 1. The lowest BCUT2D eigenvalue weighted by Crippen LogP contribution is -2.49. The second-order valence-corrected chi connectivity index (χ2v) is 5.60. The Labute approximate surface area is 101 Å². The molecule has 4 N–H and O–H groups in total. The van der Waals surface area contributed by atoms with Crippen molar-refractivity contribution in [1.29, 1.82) is 0 Å². The minimum Gasteiger partial charge on any atom is -0.481 e. The van der Waals surface area contributed by atoms with Gasteiger partial charge in [-0.3, -0.25) is 4.79 Å². The summed E-state index contributed by atoms with van der Waals surface area (Å²) in [5.41, 5.74) is -1.20. The van der Waals surface area contributed by atoms with E-state index in [1.165, 1.54) is 0 Å². The van der Waals surface area contributed by atoms with Gasteiger partial charge in [0.1, 0.15) is 0 Å². The van der Waals surface area contributed by atoms with Crippen LogP contribution in [0.15, 0.2) is 0 Å². The Kier molecular flexibility index (Phi) is 5.41. The van der Waals surface area contributed by atoms with Gasteiger partial charge in [0.2, 0.25) is 0 Å². The maximum Gasteiger partial charge on any atom is 0.315 e. The molecule has 0 bridgehead atoms. The van der Waals surface area contributed by atoms with Crippen molar-refractivity contribution in [3.8, 4) is 0 Å². The Morgan fingerprint density at radius 2 is 1.71 bits per heavy atom. The van der Waals surface area contributed by atoms with Gasteiger partial charge in [-0.1, -0.05) is 6.92 Å². The minimum atomic E-state index is -1.00. The molecule has 1 atom stereocenters. The first-order valence-electron chi connectivity index (χ1n) is 5.47. The smallest absolute Gasteiger partial charge is 0.315 e. The molecule has 0 fully saturated rings. The van der Waals surface area contributed by atoms with Gasteiger partial charge in [-0.25, -0.2) is 4.79 Å². The van der Waals surface area contributed by atoms with Crippen LogP contribution in [0.2, 0.25) is 0 Å². The molecule has 0 aromatic carbocycles. The number of aliphatic hydroxyl groups is 1. The number of urea groups is 1. The number of nitrogens with one attached hydrogen (secondary N) is 2. The van der Waals surface area contributed by atoms with Gasteiger partial charge in [0.25, 0.3) is 0 Å². The van der Waals surface area contributed by atoms with Gasteiger partial charge < -0.3 is 20.8 Å². The number of aliphatic carboxylic acids is 1. The van der Waals surface area contributed by atoms with Crippen LogP contribution in [0.4, 0.5) is 4.79 Å². The molecule has 0 aliphatic heterocycles. The second-order valence-electron chi connectivity index (χ2n) is 5.60. The summed E-state index contributed by atoms with van der Waals surface area (Å²) in [4.78, 5) is 22.1.